The maximum absolute atomic E-state index is 2.33. The van der Waals surface area contributed by atoms with Gasteiger partial charge < -0.3 is 24.8 Å². The van der Waals surface area contributed by atoms with E-state index in [4.69, 9.17) is 0 Å². The molecule has 4 heteroatoms. The molecule has 0 fully saturated rings. The Labute approximate surface area is 387 Å². The number of hydrogen-bond acceptors (Lipinski definition) is 0. The van der Waals surface area contributed by atoms with E-state index < -0.39 is 0 Å². The molecule has 11 aromatic rings. The molecule has 0 nitrogen and oxygen atoms in total. The fourth-order valence-electron chi connectivity index (χ4n) is 8.78. The number of aryl methyl sites for hydroxylation is 4. The summed E-state index contributed by atoms with van der Waals surface area (Å²) in [6.45, 7) is 8.75. The Kier molecular flexibility index (Phi) is 13.9. The van der Waals surface area contributed by atoms with E-state index in [0.717, 1.165) is 0 Å². The van der Waals surface area contributed by atoms with Crippen molar-refractivity contribution in [3.05, 3.63) is 216 Å². The monoisotopic (exact) mass is 918 g/mol. The third-order valence-electron chi connectivity index (χ3n) is 11.8. The third kappa shape index (κ3) is 9.11. The number of hydrogen-bond donors (Lipinski definition) is 0. The first-order valence-corrected chi connectivity index (χ1v) is 26.2. The van der Waals surface area contributed by atoms with Crippen LogP contribution >= 0.6 is 0 Å². The van der Waals surface area contributed by atoms with Crippen molar-refractivity contribution in [2.24, 2.45) is 0 Å². The molecule has 0 saturated carbocycles. The molecule has 11 rings (SSSR count). The van der Waals surface area contributed by atoms with Gasteiger partial charge in [-0.15, -0.1) is 68.1 Å². The molecule has 0 amide bonds. The summed E-state index contributed by atoms with van der Waals surface area (Å²) in [4.78, 5) is 0. The Bertz CT molecular complexity index is 3120. The van der Waals surface area contributed by atoms with Crippen molar-refractivity contribution in [3.8, 4) is 22.3 Å². The van der Waals surface area contributed by atoms with Crippen molar-refractivity contribution in [3.63, 3.8) is 0 Å². The van der Waals surface area contributed by atoms with Crippen LogP contribution < -0.4 is 24.8 Å². The summed E-state index contributed by atoms with van der Waals surface area (Å²) in [6, 6.07) is 70.1. The van der Waals surface area contributed by atoms with Crippen LogP contribution in [0.4, 0.5) is 0 Å². The van der Waals surface area contributed by atoms with E-state index in [9.17, 15) is 0 Å². The summed E-state index contributed by atoms with van der Waals surface area (Å²) in [5.41, 5.74) is 12.1. The molecule has 0 unspecified atom stereocenters. The zero-order valence-corrected chi connectivity index (χ0v) is 40.1. The van der Waals surface area contributed by atoms with Gasteiger partial charge in [0.1, 0.15) is 0 Å². The Balaban J connectivity index is 0.000000149. The summed E-state index contributed by atoms with van der Waals surface area (Å²) in [6.07, 6.45) is 0.715. The summed E-state index contributed by atoms with van der Waals surface area (Å²) in [7, 11) is 0. The zero-order valence-electron chi connectivity index (χ0n) is 34.9. The average Bonchev–Trinajstić information content (AvgIpc) is 3.86. The molecular formula is C57H46Cl2SiZr-2. The second-order valence-corrected chi connectivity index (χ2v) is 19.8. The molecule has 0 aromatic heterocycles. The van der Waals surface area contributed by atoms with E-state index in [-0.39, 0.29) is 24.8 Å². The summed E-state index contributed by atoms with van der Waals surface area (Å²) in [5, 5.41) is 15.9. The molecule has 0 saturated heterocycles. The minimum atomic E-state index is 0. The predicted molar refractivity (Wildman–Crippen MR) is 256 cm³/mol. The number of halogens is 2. The van der Waals surface area contributed by atoms with Crippen LogP contribution in [0.1, 0.15) is 27.8 Å². The van der Waals surface area contributed by atoms with E-state index in [0.29, 0.717) is 6.16 Å². The zero-order chi connectivity index (χ0) is 40.5. The molecule has 61 heavy (non-hydrogen) atoms. The number of fused-ring (bicyclic) bond motifs is 6. The Morgan fingerprint density at radius 3 is 1.18 bits per heavy atom. The molecule has 0 atom stereocenters. The molecule has 0 bridgehead atoms. The van der Waals surface area contributed by atoms with E-state index in [1.807, 2.05) is 0 Å². The molecule has 0 N–H and O–H groups in total. The first-order valence-electron chi connectivity index (χ1n) is 20.5. The van der Waals surface area contributed by atoms with Gasteiger partial charge in [-0.3, -0.25) is 0 Å². The Morgan fingerprint density at radius 1 is 0.377 bits per heavy atom. The number of rotatable bonds is 4. The van der Waals surface area contributed by atoms with Gasteiger partial charge in [0.15, 0.2) is 0 Å². The molecule has 0 aliphatic carbocycles. The van der Waals surface area contributed by atoms with Gasteiger partial charge in [0.05, 0.1) is 0 Å². The van der Waals surface area contributed by atoms with Crippen LogP contribution in [-0.4, -0.2) is 6.16 Å². The topological polar surface area (TPSA) is 0 Å². The first-order chi connectivity index (χ1) is 28.8. The summed E-state index contributed by atoms with van der Waals surface area (Å²) in [5.74, 6) is 0. The van der Waals surface area contributed by atoms with Crippen LogP contribution in [0.2, 0.25) is 0 Å². The second kappa shape index (κ2) is 19.3. The minimum absolute atomic E-state index is 0. The van der Waals surface area contributed by atoms with Crippen molar-refractivity contribution in [1.29, 1.82) is 0 Å². The predicted octanol–water partition coefficient (Wildman–Crippen LogP) is 9.39. The molecule has 298 valence electrons. The van der Waals surface area contributed by atoms with Gasteiger partial charge in [-0.1, -0.05) is 136 Å². The van der Waals surface area contributed by atoms with Crippen LogP contribution in [0.15, 0.2) is 188 Å². The number of benzene rings is 9. The van der Waals surface area contributed by atoms with Crippen LogP contribution in [-0.2, 0) is 29.4 Å². The molecule has 11 aromatic carbocycles. The quantitative estimate of drug-likeness (QED) is 0.0939. The van der Waals surface area contributed by atoms with E-state index in [1.54, 1.807) is 23.3 Å². The maximum atomic E-state index is 2.33. The third-order valence-corrected chi connectivity index (χ3v) is 13.9. The Hall–Kier alpha value is -5.08. The van der Waals surface area contributed by atoms with Gasteiger partial charge in [-0.2, -0.15) is 12.1 Å². The molecule has 0 aliphatic rings. The molecular weight excluding hydrogens is 875 g/mol. The standard InChI is InChI=1S/2C25H19.C7H8Si.2ClH.Zr/c2*1-16-12-23-17(2)10-11-22(25(23)13-16)21-9-5-8-20-14-18-6-3-4-7-19(18)15-24(20)21;8-6-7-4-2-1-3-5-7;;;/h2*3-15H,1-2H3;1-5,8H,6H2;2*1H;/q2*-1;;;;+2/p-2. The molecule has 0 heterocycles. The summed E-state index contributed by atoms with van der Waals surface area (Å²) >= 11 is 1.72. The van der Waals surface area contributed by atoms with Crippen molar-refractivity contribution in [2.45, 2.75) is 33.7 Å². The fraction of sp³-hybridized carbons (Fsp3) is 0.0877. The van der Waals surface area contributed by atoms with Crippen molar-refractivity contribution in [2.75, 3.05) is 0 Å². The normalized spacial score (nSPS) is 10.9. The van der Waals surface area contributed by atoms with E-state index >= 15 is 0 Å². The van der Waals surface area contributed by atoms with Crippen molar-refractivity contribution in [1.82, 2.24) is 0 Å². The van der Waals surface area contributed by atoms with Crippen LogP contribution in [0.5, 0.6) is 0 Å². The first kappa shape index (κ1) is 44.0. The molecule has 0 spiro atoms. The van der Waals surface area contributed by atoms with Gasteiger partial charge in [0.2, 0.25) is 0 Å². The molecule has 0 radical (unpaired) electrons. The van der Waals surface area contributed by atoms with Crippen LogP contribution in [0.25, 0.3) is 86.9 Å². The van der Waals surface area contributed by atoms with Crippen LogP contribution in [0.3, 0.4) is 0 Å². The van der Waals surface area contributed by atoms with E-state index in [1.165, 1.54) is 121 Å². The average molecular weight is 921 g/mol. The fourth-order valence-corrected chi connectivity index (χ4v) is 11.0. The van der Waals surface area contributed by atoms with Gasteiger partial charge in [0, 0.05) is 0 Å². The Morgan fingerprint density at radius 2 is 0.754 bits per heavy atom. The van der Waals surface area contributed by atoms with Gasteiger partial charge in [0.25, 0.3) is 0 Å². The van der Waals surface area contributed by atoms with E-state index in [2.05, 4.69) is 216 Å². The summed E-state index contributed by atoms with van der Waals surface area (Å²) < 4.78 is 0. The SMILES string of the molecule is Cc1cc2c(-c3cccc4cc5ccccc5cc34)ccc(C)c2[cH-]1.Cc1cc2c(-c3cccc4cc5ccccc5cc34)ccc(C)c2[cH-]1.[Cl-].[Cl-].[Zr+2]=[SiH]Cc1ccccc1. The molecule has 0 aliphatic heterocycles. The van der Waals surface area contributed by atoms with Crippen LogP contribution in [0, 0.1) is 27.7 Å². The van der Waals surface area contributed by atoms with Gasteiger partial charge in [-0.05, 0) is 78.5 Å². The van der Waals surface area contributed by atoms with Gasteiger partial charge in [-0.25, -0.2) is 0 Å². The van der Waals surface area contributed by atoms with Gasteiger partial charge >= 0.3 is 71.4 Å². The van der Waals surface area contributed by atoms with Crippen molar-refractivity contribution >= 4 is 70.8 Å². The van der Waals surface area contributed by atoms with Crippen molar-refractivity contribution < 1.29 is 48.1 Å². The second-order valence-electron chi connectivity index (χ2n) is 15.9.